The van der Waals surface area contributed by atoms with Crippen LogP contribution < -0.4 is 4.74 Å². The number of hydrogen-bond acceptors (Lipinski definition) is 4. The van der Waals surface area contributed by atoms with Crippen LogP contribution in [0.25, 0.3) is 0 Å². The number of esters is 1. The van der Waals surface area contributed by atoms with Gasteiger partial charge in [0, 0.05) is 17.3 Å². The molecule has 5 heteroatoms. The summed E-state index contributed by atoms with van der Waals surface area (Å²) in [6.45, 7) is 0. The summed E-state index contributed by atoms with van der Waals surface area (Å²) in [4.78, 5) is 15.6. The molecule has 0 aliphatic carbocycles. The Bertz CT molecular complexity index is 618. The van der Waals surface area contributed by atoms with Gasteiger partial charge in [-0.3, -0.25) is 0 Å². The van der Waals surface area contributed by atoms with Crippen molar-refractivity contribution in [3.05, 3.63) is 58.7 Å². The number of nitrogens with zero attached hydrogens (tertiary/aromatic N) is 2. The Balaban J connectivity index is 2.14. The fourth-order valence-corrected chi connectivity index (χ4v) is 1.47. The molecule has 0 saturated heterocycles. The third-order valence-corrected chi connectivity index (χ3v) is 2.36. The number of hydrogen-bond donors (Lipinski definition) is 0. The molecule has 0 aliphatic rings. The van der Waals surface area contributed by atoms with Crippen molar-refractivity contribution >= 4 is 17.6 Å². The number of rotatable bonds is 2. The highest BCUT2D eigenvalue weighted by Crippen LogP contribution is 2.14. The first-order valence-electron chi connectivity index (χ1n) is 5.03. The van der Waals surface area contributed by atoms with E-state index in [1.807, 2.05) is 6.07 Å². The van der Waals surface area contributed by atoms with Gasteiger partial charge in [-0.15, -0.1) is 0 Å². The van der Waals surface area contributed by atoms with Gasteiger partial charge < -0.3 is 4.74 Å². The molecule has 0 bridgehead atoms. The summed E-state index contributed by atoms with van der Waals surface area (Å²) >= 11 is 5.77. The van der Waals surface area contributed by atoms with E-state index in [-0.39, 0.29) is 5.88 Å². The maximum atomic E-state index is 11.7. The minimum Gasteiger partial charge on any atom is -0.404 e. The van der Waals surface area contributed by atoms with Crippen LogP contribution in [0.5, 0.6) is 5.88 Å². The third kappa shape index (κ3) is 2.84. The van der Waals surface area contributed by atoms with Crippen molar-refractivity contribution in [2.24, 2.45) is 0 Å². The van der Waals surface area contributed by atoms with Crippen molar-refractivity contribution < 1.29 is 9.53 Å². The lowest BCUT2D eigenvalue weighted by molar-refractivity contribution is 0.0727. The molecule has 0 atom stereocenters. The topological polar surface area (TPSA) is 63.0 Å². The van der Waals surface area contributed by atoms with Gasteiger partial charge in [-0.2, -0.15) is 5.26 Å². The molecule has 4 nitrogen and oxygen atoms in total. The Hall–Kier alpha value is -2.38. The largest absolute Gasteiger partial charge is 0.404 e. The third-order valence-electron chi connectivity index (χ3n) is 2.12. The molecule has 1 heterocycles. The van der Waals surface area contributed by atoms with Gasteiger partial charge in [0.2, 0.25) is 5.88 Å². The maximum Gasteiger partial charge on any atom is 0.344 e. The van der Waals surface area contributed by atoms with Crippen LogP contribution in [0, 0.1) is 11.3 Å². The van der Waals surface area contributed by atoms with Gasteiger partial charge in [0.1, 0.15) is 6.07 Å². The Morgan fingerprint density at radius 1 is 1.33 bits per heavy atom. The van der Waals surface area contributed by atoms with E-state index in [0.29, 0.717) is 16.1 Å². The number of nitriles is 1. The lowest BCUT2D eigenvalue weighted by Gasteiger charge is -2.03. The van der Waals surface area contributed by atoms with Gasteiger partial charge in [-0.1, -0.05) is 17.7 Å². The Morgan fingerprint density at radius 2 is 2.17 bits per heavy atom. The van der Waals surface area contributed by atoms with E-state index >= 15 is 0 Å². The Labute approximate surface area is 108 Å². The van der Waals surface area contributed by atoms with Gasteiger partial charge in [-0.25, -0.2) is 9.78 Å². The summed E-state index contributed by atoms with van der Waals surface area (Å²) in [7, 11) is 0. The summed E-state index contributed by atoms with van der Waals surface area (Å²) < 4.78 is 5.04. The van der Waals surface area contributed by atoms with Crippen LogP contribution in [0.3, 0.4) is 0 Å². The highest BCUT2D eigenvalue weighted by Gasteiger charge is 2.09. The van der Waals surface area contributed by atoms with E-state index in [1.165, 1.54) is 24.4 Å². The van der Waals surface area contributed by atoms with E-state index in [0.717, 1.165) is 0 Å². The van der Waals surface area contributed by atoms with Crippen molar-refractivity contribution in [1.29, 1.82) is 5.26 Å². The molecular formula is C13H7ClN2O2. The molecule has 0 aliphatic heterocycles. The van der Waals surface area contributed by atoms with E-state index in [4.69, 9.17) is 21.6 Å². The predicted molar refractivity (Wildman–Crippen MR) is 65.4 cm³/mol. The van der Waals surface area contributed by atoms with Gasteiger partial charge >= 0.3 is 5.97 Å². The smallest absolute Gasteiger partial charge is 0.344 e. The zero-order valence-corrected chi connectivity index (χ0v) is 9.89. The van der Waals surface area contributed by atoms with Gasteiger partial charge in [0.25, 0.3) is 0 Å². The maximum absolute atomic E-state index is 11.7. The number of carbonyl (C=O) groups is 1. The predicted octanol–water partition coefficient (Wildman–Crippen LogP) is 2.83. The number of halogens is 1. The van der Waals surface area contributed by atoms with Crippen LogP contribution in [0.2, 0.25) is 5.02 Å². The fraction of sp³-hybridized carbons (Fsp3) is 0. The number of ether oxygens (including phenoxy) is 1. The van der Waals surface area contributed by atoms with Crippen molar-refractivity contribution in [1.82, 2.24) is 4.98 Å². The summed E-state index contributed by atoms with van der Waals surface area (Å²) in [6, 6.07) is 11.3. The fourth-order valence-electron chi connectivity index (χ4n) is 1.28. The molecule has 18 heavy (non-hydrogen) atoms. The summed E-state index contributed by atoms with van der Waals surface area (Å²) in [5.41, 5.74) is 0.742. The molecule has 2 aromatic rings. The second-order valence-corrected chi connectivity index (χ2v) is 3.83. The second-order valence-electron chi connectivity index (χ2n) is 3.40. The number of benzene rings is 1. The molecule has 0 fully saturated rings. The first kappa shape index (κ1) is 12.1. The molecule has 2 rings (SSSR count). The molecule has 0 spiro atoms. The van der Waals surface area contributed by atoms with Crippen LogP contribution in [-0.2, 0) is 0 Å². The van der Waals surface area contributed by atoms with Crippen molar-refractivity contribution in [2.45, 2.75) is 0 Å². The first-order chi connectivity index (χ1) is 8.69. The van der Waals surface area contributed by atoms with Gasteiger partial charge in [0.05, 0.1) is 11.1 Å². The zero-order valence-electron chi connectivity index (χ0n) is 9.13. The average Bonchev–Trinajstić information content (AvgIpc) is 2.39. The van der Waals surface area contributed by atoms with E-state index in [1.54, 1.807) is 18.2 Å². The number of pyridine rings is 1. The minimum absolute atomic E-state index is 0.138. The highest BCUT2D eigenvalue weighted by atomic mass is 35.5. The highest BCUT2D eigenvalue weighted by molar-refractivity contribution is 6.30. The molecule has 0 radical (unpaired) electrons. The summed E-state index contributed by atoms with van der Waals surface area (Å²) in [5.74, 6) is -0.409. The monoisotopic (exact) mass is 258 g/mol. The summed E-state index contributed by atoms with van der Waals surface area (Å²) in [5, 5.41) is 9.06. The molecule has 0 N–H and O–H groups in total. The SMILES string of the molecule is N#Cc1ccc(OC(=O)c2cccc(Cl)c2)nc1. The lowest BCUT2D eigenvalue weighted by atomic mass is 10.2. The normalized spacial score (nSPS) is 9.56. The zero-order chi connectivity index (χ0) is 13.0. The number of aromatic nitrogens is 1. The molecule has 0 saturated carbocycles. The number of carbonyl (C=O) groups excluding carboxylic acids is 1. The first-order valence-corrected chi connectivity index (χ1v) is 5.41. The van der Waals surface area contributed by atoms with Crippen molar-refractivity contribution in [3.8, 4) is 11.9 Å². The van der Waals surface area contributed by atoms with Crippen LogP contribution >= 0.6 is 11.6 Å². The molecule has 1 aromatic carbocycles. The van der Waals surface area contributed by atoms with Crippen LogP contribution in [0.1, 0.15) is 15.9 Å². The summed E-state index contributed by atoms with van der Waals surface area (Å²) in [6.07, 6.45) is 1.33. The van der Waals surface area contributed by atoms with Crippen molar-refractivity contribution in [3.63, 3.8) is 0 Å². The molecule has 0 unspecified atom stereocenters. The van der Waals surface area contributed by atoms with Gasteiger partial charge in [-0.05, 0) is 24.3 Å². The molecule has 0 amide bonds. The quantitative estimate of drug-likeness (QED) is 0.777. The molecule has 88 valence electrons. The molecule has 1 aromatic heterocycles. The lowest BCUT2D eigenvalue weighted by Crippen LogP contribution is -2.09. The van der Waals surface area contributed by atoms with Crippen LogP contribution in [0.15, 0.2) is 42.6 Å². The molecular weight excluding hydrogens is 252 g/mol. The van der Waals surface area contributed by atoms with Crippen molar-refractivity contribution in [2.75, 3.05) is 0 Å². The minimum atomic E-state index is -0.547. The van der Waals surface area contributed by atoms with E-state index in [9.17, 15) is 4.79 Å². The van der Waals surface area contributed by atoms with Crippen LogP contribution in [-0.4, -0.2) is 11.0 Å². The second kappa shape index (κ2) is 5.30. The standard InChI is InChI=1S/C13H7ClN2O2/c14-11-3-1-2-10(6-11)13(17)18-12-5-4-9(7-15)8-16-12/h1-6,8H. The Kier molecular flexibility index (Phi) is 3.56. The average molecular weight is 259 g/mol. The van der Waals surface area contributed by atoms with E-state index in [2.05, 4.69) is 4.98 Å². The van der Waals surface area contributed by atoms with Crippen LogP contribution in [0.4, 0.5) is 0 Å². The Morgan fingerprint density at radius 3 is 2.78 bits per heavy atom. The van der Waals surface area contributed by atoms with Gasteiger partial charge in [0.15, 0.2) is 0 Å². The van der Waals surface area contributed by atoms with E-state index < -0.39 is 5.97 Å².